The van der Waals surface area contributed by atoms with Crippen LogP contribution in [0.2, 0.25) is 0 Å². The number of aliphatic carboxylic acids is 2. The first kappa shape index (κ1) is 26.1. The molecule has 1 atom stereocenters. The lowest BCUT2D eigenvalue weighted by Gasteiger charge is -2.35. The summed E-state index contributed by atoms with van der Waals surface area (Å²) >= 11 is 1.14. The lowest BCUT2D eigenvalue weighted by Crippen LogP contribution is -2.50. The molecule has 1 aromatic carbocycles. The molecule has 1 saturated heterocycles. The van der Waals surface area contributed by atoms with E-state index in [9.17, 15) is 19.8 Å². The van der Waals surface area contributed by atoms with Crippen LogP contribution in [0.25, 0.3) is 0 Å². The van der Waals surface area contributed by atoms with Gasteiger partial charge in [0.2, 0.25) is 0 Å². The van der Waals surface area contributed by atoms with Crippen molar-refractivity contribution < 1.29 is 19.8 Å². The first-order chi connectivity index (χ1) is 15.3. The largest absolute Gasteiger partial charge is 0.480 e. The standard InChI is InChI=1S/C22H33N5O4S/c1-24-7-9-26(15-21(28)29)11-12-27(16-22(30)31)10-8-25(2)19(14-24)13-18-3-5-20(6-4-18)32-17-23/h3-6,19H,7-16H2,1-2H3,(H,28,29)(H,30,31). The lowest BCUT2D eigenvalue weighted by atomic mass is 10.0. The van der Waals surface area contributed by atoms with Crippen molar-refractivity contribution in [1.29, 1.82) is 5.26 Å². The molecule has 1 unspecified atom stereocenters. The van der Waals surface area contributed by atoms with E-state index in [-0.39, 0.29) is 19.1 Å². The molecule has 0 radical (unpaired) electrons. The Morgan fingerprint density at radius 3 is 2.03 bits per heavy atom. The number of nitrogens with zero attached hydrogens (tertiary/aromatic N) is 5. The van der Waals surface area contributed by atoms with Gasteiger partial charge in [-0.2, -0.15) is 5.26 Å². The first-order valence-corrected chi connectivity index (χ1v) is 11.5. The Balaban J connectivity index is 2.13. The SMILES string of the molecule is CN1CCN(CC(=O)O)CCN(CC(=O)O)CCN(C)C(Cc2ccc(SC#N)cc2)C1. The Morgan fingerprint density at radius 1 is 0.969 bits per heavy atom. The molecular weight excluding hydrogens is 430 g/mol. The van der Waals surface area contributed by atoms with E-state index in [1.807, 2.05) is 21.9 Å². The molecule has 0 bridgehead atoms. The van der Waals surface area contributed by atoms with E-state index in [1.54, 1.807) is 0 Å². The van der Waals surface area contributed by atoms with Gasteiger partial charge >= 0.3 is 11.9 Å². The maximum atomic E-state index is 11.3. The fraction of sp³-hybridized carbons (Fsp3) is 0.591. The van der Waals surface area contributed by atoms with Crippen molar-refractivity contribution in [3.05, 3.63) is 29.8 Å². The molecule has 10 heteroatoms. The molecule has 1 fully saturated rings. The van der Waals surface area contributed by atoms with Gasteiger partial charge in [0.1, 0.15) is 5.40 Å². The number of thioether (sulfide) groups is 1. The lowest BCUT2D eigenvalue weighted by molar-refractivity contribution is -0.140. The highest BCUT2D eigenvalue weighted by Crippen LogP contribution is 2.18. The summed E-state index contributed by atoms with van der Waals surface area (Å²) in [5, 5.41) is 29.4. The van der Waals surface area contributed by atoms with E-state index in [0.717, 1.165) is 36.2 Å². The zero-order valence-corrected chi connectivity index (χ0v) is 19.6. The molecular formula is C22H33N5O4S. The zero-order chi connectivity index (χ0) is 23.5. The summed E-state index contributed by atoms with van der Waals surface area (Å²) in [4.78, 5) is 31.8. The average Bonchev–Trinajstić information content (AvgIpc) is 2.73. The van der Waals surface area contributed by atoms with Crippen LogP contribution in [0, 0.1) is 10.7 Å². The molecule has 32 heavy (non-hydrogen) atoms. The molecule has 2 N–H and O–H groups in total. The highest BCUT2D eigenvalue weighted by Gasteiger charge is 2.22. The number of carbonyl (C=O) groups is 2. The highest BCUT2D eigenvalue weighted by atomic mass is 32.2. The van der Waals surface area contributed by atoms with Crippen molar-refractivity contribution in [2.45, 2.75) is 17.4 Å². The van der Waals surface area contributed by atoms with Crippen LogP contribution in [0.4, 0.5) is 0 Å². The van der Waals surface area contributed by atoms with Crippen molar-refractivity contribution in [2.24, 2.45) is 0 Å². The number of carboxylic acids is 2. The van der Waals surface area contributed by atoms with Crippen LogP contribution in [-0.2, 0) is 16.0 Å². The maximum absolute atomic E-state index is 11.3. The Bertz CT molecular complexity index is 786. The summed E-state index contributed by atoms with van der Waals surface area (Å²) in [5.74, 6) is -1.75. The Hall–Kier alpha value is -2.16. The van der Waals surface area contributed by atoms with E-state index < -0.39 is 11.9 Å². The average molecular weight is 464 g/mol. The van der Waals surface area contributed by atoms with Crippen LogP contribution >= 0.6 is 11.8 Å². The predicted octanol–water partition coefficient (Wildman–Crippen LogP) is 0.821. The highest BCUT2D eigenvalue weighted by molar-refractivity contribution is 8.03. The van der Waals surface area contributed by atoms with Gasteiger partial charge in [0.25, 0.3) is 0 Å². The second kappa shape index (κ2) is 13.4. The smallest absolute Gasteiger partial charge is 0.317 e. The Labute approximate surface area is 194 Å². The normalized spacial score (nSPS) is 20.7. The van der Waals surface area contributed by atoms with Gasteiger partial charge in [-0.1, -0.05) is 12.1 Å². The zero-order valence-electron chi connectivity index (χ0n) is 18.8. The van der Waals surface area contributed by atoms with Gasteiger partial charge in [0.15, 0.2) is 0 Å². The van der Waals surface area contributed by atoms with Gasteiger partial charge in [-0.05, 0) is 50.0 Å². The quantitative estimate of drug-likeness (QED) is 0.445. The Morgan fingerprint density at radius 2 is 1.50 bits per heavy atom. The minimum atomic E-state index is -0.879. The van der Waals surface area contributed by atoms with E-state index in [0.29, 0.717) is 32.7 Å². The summed E-state index contributed by atoms with van der Waals surface area (Å²) < 4.78 is 0. The van der Waals surface area contributed by atoms with Gasteiger partial charge in [-0.3, -0.25) is 19.4 Å². The molecule has 0 spiro atoms. The van der Waals surface area contributed by atoms with Crippen molar-refractivity contribution in [1.82, 2.24) is 19.6 Å². The number of carboxylic acid groups (broad SMARTS) is 2. The molecule has 2 rings (SSSR count). The van der Waals surface area contributed by atoms with Crippen LogP contribution < -0.4 is 0 Å². The van der Waals surface area contributed by atoms with Crippen LogP contribution in [0.5, 0.6) is 0 Å². The molecule has 0 aliphatic carbocycles. The monoisotopic (exact) mass is 463 g/mol. The van der Waals surface area contributed by atoms with Crippen molar-refractivity contribution >= 4 is 23.7 Å². The van der Waals surface area contributed by atoms with Crippen LogP contribution in [0.1, 0.15) is 5.56 Å². The van der Waals surface area contributed by atoms with Gasteiger partial charge < -0.3 is 20.0 Å². The van der Waals surface area contributed by atoms with Crippen LogP contribution in [0.15, 0.2) is 29.2 Å². The van der Waals surface area contributed by atoms with E-state index >= 15 is 0 Å². The first-order valence-electron chi connectivity index (χ1n) is 10.7. The molecule has 1 aromatic rings. The van der Waals surface area contributed by atoms with Gasteiger partial charge in [-0.25, -0.2) is 0 Å². The second-order valence-electron chi connectivity index (χ2n) is 8.28. The minimum Gasteiger partial charge on any atom is -0.480 e. The van der Waals surface area contributed by atoms with E-state index in [2.05, 4.69) is 41.4 Å². The number of nitriles is 1. The number of thiocyanates is 1. The third kappa shape index (κ3) is 9.54. The second-order valence-corrected chi connectivity index (χ2v) is 9.14. The molecule has 0 aromatic heterocycles. The molecule has 1 heterocycles. The van der Waals surface area contributed by atoms with E-state index in [4.69, 9.17) is 5.26 Å². The summed E-state index contributed by atoms with van der Waals surface area (Å²) in [6, 6.07) is 8.24. The number of hydrogen-bond donors (Lipinski definition) is 2. The predicted molar refractivity (Wildman–Crippen MR) is 124 cm³/mol. The molecule has 0 amide bonds. The number of benzene rings is 1. The van der Waals surface area contributed by atoms with Crippen LogP contribution in [0.3, 0.4) is 0 Å². The number of hydrogen-bond acceptors (Lipinski definition) is 8. The van der Waals surface area contributed by atoms with Gasteiger partial charge in [0.05, 0.1) is 13.1 Å². The summed E-state index contributed by atoms with van der Waals surface area (Å²) in [5.41, 5.74) is 1.18. The van der Waals surface area contributed by atoms with Crippen molar-refractivity contribution in [3.8, 4) is 5.40 Å². The third-order valence-corrected chi connectivity index (χ3v) is 6.32. The fourth-order valence-electron chi connectivity index (χ4n) is 3.83. The minimum absolute atomic E-state index is 0.0505. The van der Waals surface area contributed by atoms with Crippen LogP contribution in [-0.4, -0.2) is 121 Å². The number of likely N-dealkylation sites (N-methyl/N-ethyl adjacent to an activating group) is 2. The molecule has 1 aliphatic heterocycles. The fourth-order valence-corrected chi connectivity index (χ4v) is 4.21. The van der Waals surface area contributed by atoms with Crippen molar-refractivity contribution in [2.75, 3.05) is 73.0 Å². The topological polar surface area (TPSA) is 111 Å². The van der Waals surface area contributed by atoms with Gasteiger partial charge in [0, 0.05) is 56.8 Å². The summed E-state index contributed by atoms with van der Waals surface area (Å²) in [6.07, 6.45) is 0.829. The molecule has 176 valence electrons. The maximum Gasteiger partial charge on any atom is 0.317 e. The molecule has 1 aliphatic rings. The summed E-state index contributed by atoms with van der Waals surface area (Å²) in [7, 11) is 4.12. The molecule has 9 nitrogen and oxygen atoms in total. The molecule has 0 saturated carbocycles. The van der Waals surface area contributed by atoms with Crippen molar-refractivity contribution in [3.63, 3.8) is 0 Å². The Kier molecular flexibility index (Phi) is 10.9. The number of rotatable bonds is 7. The van der Waals surface area contributed by atoms with Gasteiger partial charge in [-0.15, -0.1) is 0 Å². The third-order valence-electron chi connectivity index (χ3n) is 5.72. The van der Waals surface area contributed by atoms with E-state index in [1.165, 1.54) is 5.56 Å². The summed E-state index contributed by atoms with van der Waals surface area (Å²) in [6.45, 7) is 4.39.